The average Bonchev–Trinajstić information content (AvgIpc) is 3.16. The number of anilines is 1. The molecule has 7 nitrogen and oxygen atoms in total. The molecule has 0 saturated carbocycles. The smallest absolute Gasteiger partial charge is 0.338 e. The Balaban J connectivity index is 1.34. The maximum absolute atomic E-state index is 12.9. The monoisotopic (exact) mass is 503 g/mol. The molecule has 1 heterocycles. The van der Waals surface area contributed by atoms with Gasteiger partial charge in [-0.2, -0.15) is 0 Å². The van der Waals surface area contributed by atoms with E-state index >= 15 is 0 Å². The third-order valence-electron chi connectivity index (χ3n) is 5.59. The third kappa shape index (κ3) is 5.83. The molecule has 3 aromatic carbocycles. The zero-order valence-electron chi connectivity index (χ0n) is 19.9. The van der Waals surface area contributed by atoms with Crippen molar-refractivity contribution in [3.05, 3.63) is 89.5 Å². The number of Topliss-reactive ketones (excluding diaryl/α,β-unsaturated/α-hetero) is 1. The second kappa shape index (κ2) is 11.2. The van der Waals surface area contributed by atoms with Gasteiger partial charge in [0.2, 0.25) is 11.8 Å². The number of nitrogens with zero attached hydrogens (tertiary/aromatic N) is 1. The highest BCUT2D eigenvalue weighted by Gasteiger charge is 2.40. The van der Waals surface area contributed by atoms with E-state index in [-0.39, 0.29) is 29.6 Å². The van der Waals surface area contributed by atoms with Crippen LogP contribution in [0, 0.1) is 6.92 Å². The highest BCUT2D eigenvalue weighted by molar-refractivity contribution is 8.00. The van der Waals surface area contributed by atoms with Crippen LogP contribution < -0.4 is 9.64 Å². The Morgan fingerprint density at radius 3 is 2.19 bits per heavy atom. The van der Waals surface area contributed by atoms with E-state index in [1.54, 1.807) is 24.3 Å². The van der Waals surface area contributed by atoms with Crippen LogP contribution in [0.15, 0.2) is 77.7 Å². The molecule has 0 spiro atoms. The van der Waals surface area contributed by atoms with Crippen LogP contribution in [0.2, 0.25) is 0 Å². The number of hydrogen-bond donors (Lipinski definition) is 0. The number of carbonyl (C=O) groups excluding carboxylic acids is 4. The van der Waals surface area contributed by atoms with Gasteiger partial charge in [0, 0.05) is 16.9 Å². The van der Waals surface area contributed by atoms with Crippen LogP contribution in [0.4, 0.5) is 5.69 Å². The molecule has 1 aliphatic rings. The summed E-state index contributed by atoms with van der Waals surface area (Å²) in [6.45, 7) is 3.97. The maximum Gasteiger partial charge on any atom is 0.338 e. The number of thioether (sulfide) groups is 1. The lowest BCUT2D eigenvalue weighted by atomic mass is 10.1. The second-order valence-electron chi connectivity index (χ2n) is 8.19. The van der Waals surface area contributed by atoms with E-state index in [0.717, 1.165) is 15.4 Å². The lowest BCUT2D eigenvalue weighted by molar-refractivity contribution is -0.121. The van der Waals surface area contributed by atoms with Gasteiger partial charge in [-0.05, 0) is 74.5 Å². The van der Waals surface area contributed by atoms with Gasteiger partial charge < -0.3 is 9.47 Å². The molecule has 0 aromatic heterocycles. The van der Waals surface area contributed by atoms with E-state index in [1.807, 2.05) is 38.1 Å². The summed E-state index contributed by atoms with van der Waals surface area (Å²) >= 11 is 1.36. The Labute approximate surface area is 213 Å². The van der Waals surface area contributed by atoms with Crippen molar-refractivity contribution >= 4 is 41.0 Å². The fourth-order valence-corrected chi connectivity index (χ4v) is 4.75. The molecule has 0 aliphatic carbocycles. The zero-order chi connectivity index (χ0) is 25.7. The minimum absolute atomic E-state index is 0.106. The number of carbonyl (C=O) groups is 4. The zero-order valence-corrected chi connectivity index (χ0v) is 20.7. The SMILES string of the molecule is CCOc1ccc(C(=O)COC(=O)c2ccc(N3C(=O)CC(Sc4ccc(C)cc4)C3=O)cc2)cc1. The highest BCUT2D eigenvalue weighted by Crippen LogP contribution is 2.34. The minimum Gasteiger partial charge on any atom is -0.494 e. The molecule has 1 fully saturated rings. The summed E-state index contributed by atoms with van der Waals surface area (Å²) in [6, 6.07) is 20.4. The molecule has 36 heavy (non-hydrogen) atoms. The molecule has 8 heteroatoms. The summed E-state index contributed by atoms with van der Waals surface area (Å²) in [7, 11) is 0. The van der Waals surface area contributed by atoms with Crippen LogP contribution >= 0.6 is 11.8 Å². The lowest BCUT2D eigenvalue weighted by Crippen LogP contribution is -2.31. The predicted molar refractivity (Wildman–Crippen MR) is 137 cm³/mol. The highest BCUT2D eigenvalue weighted by atomic mass is 32.2. The Bertz CT molecular complexity index is 1270. The van der Waals surface area contributed by atoms with Crippen molar-refractivity contribution < 1.29 is 28.7 Å². The molecule has 0 N–H and O–H groups in total. The van der Waals surface area contributed by atoms with Gasteiger partial charge in [-0.15, -0.1) is 11.8 Å². The molecule has 1 atom stereocenters. The van der Waals surface area contributed by atoms with E-state index < -0.39 is 17.8 Å². The molecule has 1 unspecified atom stereocenters. The first-order chi connectivity index (χ1) is 17.4. The van der Waals surface area contributed by atoms with Crippen molar-refractivity contribution in [3.8, 4) is 5.75 Å². The number of esters is 1. The predicted octanol–water partition coefficient (Wildman–Crippen LogP) is 4.86. The summed E-state index contributed by atoms with van der Waals surface area (Å²) in [5.41, 5.74) is 2.13. The average molecular weight is 504 g/mol. The number of ketones is 1. The lowest BCUT2D eigenvalue weighted by Gasteiger charge is -2.15. The third-order valence-corrected chi connectivity index (χ3v) is 6.78. The molecule has 1 saturated heterocycles. The molecule has 2 amide bonds. The Morgan fingerprint density at radius 1 is 0.917 bits per heavy atom. The van der Waals surface area contributed by atoms with Gasteiger partial charge >= 0.3 is 5.97 Å². The number of rotatable bonds is 9. The summed E-state index contributed by atoms with van der Waals surface area (Å²) < 4.78 is 10.5. The number of benzene rings is 3. The van der Waals surface area contributed by atoms with E-state index in [1.165, 1.54) is 36.0 Å². The van der Waals surface area contributed by atoms with Crippen LogP contribution in [-0.4, -0.2) is 42.0 Å². The number of aryl methyl sites for hydroxylation is 1. The van der Waals surface area contributed by atoms with E-state index in [4.69, 9.17) is 9.47 Å². The van der Waals surface area contributed by atoms with Gasteiger partial charge in [-0.3, -0.25) is 14.4 Å². The standard InChI is InChI=1S/C28H25NO6S/c1-3-34-22-12-8-19(9-13-22)24(30)17-35-28(33)20-6-10-21(11-7-20)29-26(31)16-25(27(29)32)36-23-14-4-18(2)5-15-23/h4-15,25H,3,16-17H2,1-2H3. The van der Waals surface area contributed by atoms with Gasteiger partial charge in [-0.1, -0.05) is 17.7 Å². The number of ether oxygens (including phenoxy) is 2. The van der Waals surface area contributed by atoms with Gasteiger partial charge in [0.25, 0.3) is 0 Å². The fourth-order valence-electron chi connectivity index (χ4n) is 3.70. The molecular weight excluding hydrogens is 478 g/mol. The Hall–Kier alpha value is -3.91. The molecule has 1 aliphatic heterocycles. The van der Waals surface area contributed by atoms with Crippen molar-refractivity contribution in [2.24, 2.45) is 0 Å². The van der Waals surface area contributed by atoms with Gasteiger partial charge in [0.15, 0.2) is 12.4 Å². The summed E-state index contributed by atoms with van der Waals surface area (Å²) in [6.07, 6.45) is 0.106. The van der Waals surface area contributed by atoms with E-state index in [9.17, 15) is 19.2 Å². The fraction of sp³-hybridized carbons (Fsp3) is 0.214. The van der Waals surface area contributed by atoms with E-state index in [2.05, 4.69) is 0 Å². The molecular formula is C28H25NO6S. The van der Waals surface area contributed by atoms with Gasteiger partial charge in [0.1, 0.15) is 5.75 Å². The normalized spacial score (nSPS) is 15.2. The van der Waals surface area contributed by atoms with Crippen molar-refractivity contribution in [2.45, 2.75) is 30.4 Å². The minimum atomic E-state index is -0.673. The maximum atomic E-state index is 12.9. The molecule has 0 bridgehead atoms. The first-order valence-electron chi connectivity index (χ1n) is 11.5. The van der Waals surface area contributed by atoms with Gasteiger partial charge in [0.05, 0.1) is 23.1 Å². The van der Waals surface area contributed by atoms with Crippen LogP contribution in [0.5, 0.6) is 5.75 Å². The summed E-state index contributed by atoms with van der Waals surface area (Å²) in [5.74, 6) is -0.940. The van der Waals surface area contributed by atoms with Gasteiger partial charge in [-0.25, -0.2) is 9.69 Å². The van der Waals surface area contributed by atoms with Crippen LogP contribution in [0.1, 0.15) is 39.6 Å². The topological polar surface area (TPSA) is 90.0 Å². The van der Waals surface area contributed by atoms with Crippen LogP contribution in [-0.2, 0) is 14.3 Å². The molecule has 3 aromatic rings. The number of imide groups is 1. The molecule has 4 rings (SSSR count). The first-order valence-corrected chi connectivity index (χ1v) is 12.4. The number of amides is 2. The summed E-state index contributed by atoms with van der Waals surface area (Å²) in [5, 5.41) is -0.501. The van der Waals surface area contributed by atoms with Crippen molar-refractivity contribution in [1.82, 2.24) is 0 Å². The molecule has 184 valence electrons. The van der Waals surface area contributed by atoms with E-state index in [0.29, 0.717) is 23.6 Å². The van der Waals surface area contributed by atoms with Crippen LogP contribution in [0.25, 0.3) is 0 Å². The second-order valence-corrected chi connectivity index (χ2v) is 9.47. The largest absolute Gasteiger partial charge is 0.494 e. The van der Waals surface area contributed by atoms with Crippen LogP contribution in [0.3, 0.4) is 0 Å². The Morgan fingerprint density at radius 2 is 1.56 bits per heavy atom. The number of hydrogen-bond acceptors (Lipinski definition) is 7. The van der Waals surface area contributed by atoms with Crippen molar-refractivity contribution in [1.29, 1.82) is 0 Å². The van der Waals surface area contributed by atoms with Crippen molar-refractivity contribution in [3.63, 3.8) is 0 Å². The quantitative estimate of drug-likeness (QED) is 0.234. The van der Waals surface area contributed by atoms with Crippen molar-refractivity contribution in [2.75, 3.05) is 18.1 Å². The first kappa shape index (κ1) is 25.2. The summed E-state index contributed by atoms with van der Waals surface area (Å²) in [4.78, 5) is 52.3. The Kier molecular flexibility index (Phi) is 7.85. The molecule has 0 radical (unpaired) electrons.